The Bertz CT molecular complexity index is 649. The largest absolute Gasteiger partial charge is 0.142 e. The summed E-state index contributed by atoms with van der Waals surface area (Å²) in [7, 11) is 0. The van der Waals surface area contributed by atoms with Crippen molar-refractivity contribution in [3.8, 4) is 0 Å². The Morgan fingerprint density at radius 1 is 0.875 bits per heavy atom. The van der Waals surface area contributed by atoms with Gasteiger partial charge >= 0.3 is 0 Å². The summed E-state index contributed by atoms with van der Waals surface area (Å²) < 4.78 is 1.91. The van der Waals surface area contributed by atoms with Crippen molar-refractivity contribution in [1.29, 1.82) is 0 Å². The molecule has 4 heteroatoms. The number of hydrogen-bond donors (Lipinski definition) is 1. The van der Waals surface area contributed by atoms with Crippen LogP contribution < -0.4 is 0 Å². The van der Waals surface area contributed by atoms with Crippen LogP contribution in [0.5, 0.6) is 0 Å². The molecule has 0 atom stereocenters. The van der Waals surface area contributed by atoms with E-state index < -0.39 is 0 Å². The van der Waals surface area contributed by atoms with Gasteiger partial charge in [-0.3, -0.25) is 0 Å². The van der Waals surface area contributed by atoms with Gasteiger partial charge in [0.15, 0.2) is 0 Å². The monoisotopic (exact) mass is 280 g/mol. The maximum absolute atomic E-state index is 5.28. The molecule has 16 heavy (non-hydrogen) atoms. The van der Waals surface area contributed by atoms with E-state index in [0.29, 0.717) is 13.5 Å². The van der Waals surface area contributed by atoms with E-state index >= 15 is 0 Å². The molecular formula is C12H8S4. The second kappa shape index (κ2) is 4.84. The van der Waals surface area contributed by atoms with Crippen molar-refractivity contribution >= 4 is 49.3 Å². The molecule has 0 bridgehead atoms. The molecule has 2 rings (SSSR count). The Morgan fingerprint density at radius 2 is 1.50 bits per heavy atom. The molecule has 0 amide bonds. The van der Waals surface area contributed by atoms with Crippen LogP contribution in [0.2, 0.25) is 0 Å². The molecule has 80 valence electrons. The van der Waals surface area contributed by atoms with Gasteiger partial charge in [0.2, 0.25) is 0 Å². The highest BCUT2D eigenvalue weighted by molar-refractivity contribution is 7.81. The lowest BCUT2D eigenvalue weighted by atomic mass is 10.1. The van der Waals surface area contributed by atoms with Crippen molar-refractivity contribution in [2.45, 2.75) is 11.3 Å². The van der Waals surface area contributed by atoms with E-state index in [1.807, 2.05) is 18.2 Å². The Kier molecular flexibility index (Phi) is 3.64. The number of benzene rings is 1. The van der Waals surface area contributed by atoms with Crippen LogP contribution in [0.3, 0.4) is 0 Å². The Labute approximate surface area is 115 Å². The van der Waals surface area contributed by atoms with Gasteiger partial charge in [0.25, 0.3) is 0 Å². The van der Waals surface area contributed by atoms with Crippen molar-refractivity contribution in [2.75, 3.05) is 0 Å². The van der Waals surface area contributed by atoms with Crippen LogP contribution >= 0.6 is 49.3 Å². The van der Waals surface area contributed by atoms with E-state index in [9.17, 15) is 0 Å². The fraction of sp³-hybridized carbons (Fsp3) is 0.0833. The average Bonchev–Trinajstić information content (AvgIpc) is 2.48. The Balaban J connectivity index is 2.52. The molecule has 0 spiro atoms. The van der Waals surface area contributed by atoms with Gasteiger partial charge in [-0.15, -0.1) is 12.6 Å². The zero-order chi connectivity index (χ0) is 11.7. The molecule has 2 aromatic rings. The molecular weight excluding hydrogens is 272 g/mol. The summed E-state index contributed by atoms with van der Waals surface area (Å²) in [5.74, 6) is 0. The van der Waals surface area contributed by atoms with Gasteiger partial charge in [-0.25, -0.2) is 0 Å². The predicted molar refractivity (Wildman–Crippen MR) is 77.8 cm³/mol. The van der Waals surface area contributed by atoms with Crippen molar-refractivity contribution in [3.05, 3.63) is 55.0 Å². The van der Waals surface area contributed by atoms with Gasteiger partial charge in [-0.05, 0) is 11.1 Å². The van der Waals surface area contributed by atoms with Gasteiger partial charge in [0, 0.05) is 11.3 Å². The normalized spacial score (nSPS) is 10.6. The quantitative estimate of drug-likeness (QED) is 0.629. The van der Waals surface area contributed by atoms with Crippen LogP contribution in [-0.2, 0) is 6.42 Å². The van der Waals surface area contributed by atoms with Crippen LogP contribution in [0.1, 0.15) is 11.1 Å². The number of hydrogen-bond acceptors (Lipinski definition) is 4. The molecule has 0 aliphatic rings. The zero-order valence-corrected chi connectivity index (χ0v) is 11.6. The zero-order valence-electron chi connectivity index (χ0n) is 8.27. The third kappa shape index (κ3) is 2.15. The molecule has 0 aliphatic heterocycles. The lowest BCUT2D eigenvalue weighted by molar-refractivity contribution is 1.15. The predicted octanol–water partition coefficient (Wildman–Crippen LogP) is 4.63. The van der Waals surface area contributed by atoms with E-state index in [0.717, 1.165) is 16.9 Å². The van der Waals surface area contributed by atoms with Crippen LogP contribution in [0.4, 0.5) is 0 Å². The van der Waals surface area contributed by atoms with Crippen molar-refractivity contribution in [3.63, 3.8) is 0 Å². The maximum Gasteiger partial charge on any atom is 0.0753 e. The highest BCUT2D eigenvalue weighted by atomic mass is 32.1. The minimum Gasteiger partial charge on any atom is -0.142 e. The lowest BCUT2D eigenvalue weighted by Crippen LogP contribution is -1.86. The third-order valence-electron chi connectivity index (χ3n) is 2.41. The summed E-state index contributed by atoms with van der Waals surface area (Å²) >= 11 is 20.0. The van der Waals surface area contributed by atoms with E-state index in [4.69, 9.17) is 36.7 Å². The average molecular weight is 280 g/mol. The summed E-state index contributed by atoms with van der Waals surface area (Å²) in [6.45, 7) is 0. The summed E-state index contributed by atoms with van der Waals surface area (Å²) in [4.78, 5) is 0.772. The summed E-state index contributed by atoms with van der Waals surface area (Å²) in [6, 6.07) is 10.1. The van der Waals surface area contributed by atoms with Crippen molar-refractivity contribution < 1.29 is 0 Å². The van der Waals surface area contributed by atoms with E-state index in [1.54, 1.807) is 0 Å². The Hall–Kier alpha value is -0.420. The molecule has 0 aromatic heterocycles. The van der Waals surface area contributed by atoms with Crippen LogP contribution in [-0.4, -0.2) is 0 Å². The third-order valence-corrected chi connectivity index (χ3v) is 4.58. The number of rotatable bonds is 2. The van der Waals surface area contributed by atoms with Crippen LogP contribution in [0.25, 0.3) is 0 Å². The van der Waals surface area contributed by atoms with Gasteiger partial charge in [-0.2, -0.15) is 0 Å². The SMILES string of the molecule is S=c1c(S)c(Cc2ccccc2)c(=S)c1=S. The molecule has 0 unspecified atom stereocenters. The first kappa shape index (κ1) is 12.0. The molecule has 2 aromatic carbocycles. The van der Waals surface area contributed by atoms with Gasteiger partial charge < -0.3 is 0 Å². The topological polar surface area (TPSA) is 0 Å². The smallest absolute Gasteiger partial charge is 0.0753 e. The molecule has 0 nitrogen and oxygen atoms in total. The minimum absolute atomic E-state index is 0.598. The van der Waals surface area contributed by atoms with E-state index in [2.05, 4.69) is 24.8 Å². The second-order valence-electron chi connectivity index (χ2n) is 3.48. The van der Waals surface area contributed by atoms with Gasteiger partial charge in [0.05, 0.1) is 13.5 Å². The lowest BCUT2D eigenvalue weighted by Gasteiger charge is -1.99. The van der Waals surface area contributed by atoms with Crippen molar-refractivity contribution in [1.82, 2.24) is 0 Å². The fourth-order valence-corrected chi connectivity index (χ4v) is 2.80. The Morgan fingerprint density at radius 3 is 2.00 bits per heavy atom. The highest BCUT2D eigenvalue weighted by Crippen LogP contribution is 2.24. The molecule has 0 aliphatic carbocycles. The fourth-order valence-electron chi connectivity index (χ4n) is 1.56. The molecule has 0 saturated carbocycles. The van der Waals surface area contributed by atoms with E-state index in [-0.39, 0.29) is 0 Å². The minimum atomic E-state index is 0.598. The first-order valence-corrected chi connectivity index (χ1v) is 6.38. The van der Waals surface area contributed by atoms with Crippen molar-refractivity contribution in [2.24, 2.45) is 0 Å². The first-order valence-electron chi connectivity index (χ1n) is 4.70. The summed E-state index contributed by atoms with van der Waals surface area (Å²) in [6.07, 6.45) is 0.749. The van der Waals surface area contributed by atoms with E-state index in [1.165, 1.54) is 5.56 Å². The summed E-state index contributed by atoms with van der Waals surface area (Å²) in [5, 5.41) is 0. The molecule has 0 heterocycles. The molecule has 0 radical (unpaired) electrons. The van der Waals surface area contributed by atoms with Gasteiger partial charge in [0.1, 0.15) is 0 Å². The second-order valence-corrected chi connectivity index (χ2v) is 5.15. The number of thiol groups is 1. The van der Waals surface area contributed by atoms with Crippen LogP contribution in [0.15, 0.2) is 35.2 Å². The first-order chi connectivity index (χ1) is 7.61. The summed E-state index contributed by atoms with van der Waals surface area (Å²) in [5.41, 5.74) is 2.18. The molecule has 0 N–H and O–H groups in total. The standard InChI is InChI=1S/C12H8S4/c13-9-8(10(14)12(16)11(9)15)6-7-4-2-1-3-5-7/h1-5,13H,6H2. The molecule has 0 fully saturated rings. The van der Waals surface area contributed by atoms with Gasteiger partial charge in [-0.1, -0.05) is 67.0 Å². The highest BCUT2D eigenvalue weighted by Gasteiger charge is 2.09. The van der Waals surface area contributed by atoms with Crippen LogP contribution in [0, 0.1) is 13.5 Å². The maximum atomic E-state index is 5.28. The molecule has 0 saturated heterocycles.